The van der Waals surface area contributed by atoms with Gasteiger partial charge in [-0.05, 0) is 56.3 Å². The summed E-state index contributed by atoms with van der Waals surface area (Å²) in [7, 11) is 0. The van der Waals surface area contributed by atoms with Crippen molar-refractivity contribution in [1.82, 2.24) is 0 Å². The van der Waals surface area contributed by atoms with Gasteiger partial charge in [-0.2, -0.15) is 0 Å². The molecule has 0 aromatic rings. The highest BCUT2D eigenvalue weighted by Gasteiger charge is 2.29. The van der Waals surface area contributed by atoms with E-state index in [1.54, 1.807) is 13.8 Å². The third kappa shape index (κ3) is 7.59. The number of halogens is 2. The zero-order valence-corrected chi connectivity index (χ0v) is 17.1. The monoisotopic (exact) mass is 366 g/mol. The maximum Gasteiger partial charge on any atom is 0.270 e. The number of alkyl halides is 2. The number of carbonyl (C=O) groups excluding carboxylic acids is 2. The first-order chi connectivity index (χ1) is 11.8. The van der Waals surface area contributed by atoms with Crippen LogP contribution in [0, 0.1) is 5.92 Å². The summed E-state index contributed by atoms with van der Waals surface area (Å²) in [5, 5.41) is 0. The van der Waals surface area contributed by atoms with Gasteiger partial charge in [-0.1, -0.05) is 45.9 Å². The van der Waals surface area contributed by atoms with Crippen LogP contribution >= 0.6 is 0 Å². The second-order valence-corrected chi connectivity index (χ2v) is 7.25. The number of ketones is 2. The minimum Gasteiger partial charge on any atom is -0.295 e. The van der Waals surface area contributed by atoms with E-state index in [2.05, 4.69) is 6.58 Å². The van der Waals surface area contributed by atoms with Crippen molar-refractivity contribution in [3.8, 4) is 0 Å². The van der Waals surface area contributed by atoms with Gasteiger partial charge in [-0.15, -0.1) is 0 Å². The number of allylic oxidation sites excluding steroid dienone is 7. The normalized spacial score (nSPS) is 14.4. The molecule has 0 saturated carbocycles. The maximum absolute atomic E-state index is 14.0. The van der Waals surface area contributed by atoms with Crippen molar-refractivity contribution in [2.45, 2.75) is 73.7 Å². The largest absolute Gasteiger partial charge is 0.295 e. The molecular weight excluding hydrogens is 334 g/mol. The zero-order valence-electron chi connectivity index (χ0n) is 17.1. The first-order valence-corrected chi connectivity index (χ1v) is 9.03. The Balaban J connectivity index is 6.04. The van der Waals surface area contributed by atoms with Crippen LogP contribution in [0.2, 0.25) is 0 Å². The van der Waals surface area contributed by atoms with Crippen molar-refractivity contribution in [3.05, 3.63) is 46.6 Å². The zero-order chi connectivity index (χ0) is 20.7. The molecule has 0 N–H and O–H groups in total. The number of rotatable bonds is 10. The lowest BCUT2D eigenvalue weighted by Crippen LogP contribution is -2.16. The van der Waals surface area contributed by atoms with Crippen LogP contribution in [0.25, 0.3) is 0 Å². The first-order valence-electron chi connectivity index (χ1n) is 9.03. The highest BCUT2D eigenvalue weighted by atomic mass is 19.3. The van der Waals surface area contributed by atoms with Crippen molar-refractivity contribution >= 4 is 11.6 Å². The van der Waals surface area contributed by atoms with Crippen LogP contribution in [0.5, 0.6) is 0 Å². The van der Waals surface area contributed by atoms with Gasteiger partial charge in [-0.3, -0.25) is 9.59 Å². The van der Waals surface area contributed by atoms with Crippen molar-refractivity contribution in [1.29, 1.82) is 0 Å². The molecule has 0 radical (unpaired) electrons. The molecule has 0 spiro atoms. The SMILES string of the molecule is C=C(CC(C)C)/C(=C\C=C(/CCC)C(=O)/C(C)=C(/C)C(C)=O)C(C)(F)F. The predicted octanol–water partition coefficient (Wildman–Crippen LogP) is 6.39. The van der Waals surface area contributed by atoms with Crippen LogP contribution in [0.1, 0.15) is 67.7 Å². The van der Waals surface area contributed by atoms with E-state index in [1.165, 1.54) is 19.1 Å². The highest BCUT2D eigenvalue weighted by molar-refractivity contribution is 6.12. The Hall–Kier alpha value is -1.84. The molecule has 0 fully saturated rings. The van der Waals surface area contributed by atoms with Gasteiger partial charge >= 0.3 is 0 Å². The van der Waals surface area contributed by atoms with Gasteiger partial charge in [0.1, 0.15) is 0 Å². The van der Waals surface area contributed by atoms with Gasteiger partial charge in [0.15, 0.2) is 11.6 Å². The lowest BCUT2D eigenvalue weighted by atomic mass is 9.92. The Morgan fingerprint density at radius 2 is 1.62 bits per heavy atom. The fourth-order valence-electron chi connectivity index (χ4n) is 2.58. The average Bonchev–Trinajstić information content (AvgIpc) is 2.49. The summed E-state index contributed by atoms with van der Waals surface area (Å²) < 4.78 is 28.0. The number of hydrogen-bond donors (Lipinski definition) is 0. The van der Waals surface area contributed by atoms with E-state index in [0.29, 0.717) is 41.6 Å². The van der Waals surface area contributed by atoms with Gasteiger partial charge in [0, 0.05) is 18.1 Å². The maximum atomic E-state index is 14.0. The van der Waals surface area contributed by atoms with Crippen LogP contribution in [0.3, 0.4) is 0 Å². The molecule has 0 aliphatic carbocycles. The van der Waals surface area contributed by atoms with Crippen LogP contribution in [0.15, 0.2) is 46.6 Å². The molecule has 0 aliphatic rings. The molecule has 0 amide bonds. The fraction of sp³-hybridized carbons (Fsp3) is 0.545. The van der Waals surface area contributed by atoms with Crippen LogP contribution in [-0.2, 0) is 9.59 Å². The Morgan fingerprint density at radius 1 is 1.08 bits per heavy atom. The van der Waals surface area contributed by atoms with Crippen molar-refractivity contribution in [2.24, 2.45) is 5.92 Å². The van der Waals surface area contributed by atoms with E-state index < -0.39 is 5.92 Å². The fourth-order valence-corrected chi connectivity index (χ4v) is 2.58. The molecule has 0 heterocycles. The molecule has 0 aromatic carbocycles. The number of carbonyl (C=O) groups is 2. The van der Waals surface area contributed by atoms with Crippen LogP contribution < -0.4 is 0 Å². The Labute approximate surface area is 156 Å². The topological polar surface area (TPSA) is 34.1 Å². The average molecular weight is 366 g/mol. The standard InChI is InChI=1S/C22H32F2O2/c1-9-10-19(21(26)17(6)16(5)18(7)25)11-12-20(22(8,23)24)15(4)13-14(2)3/h11-12,14H,4,9-10,13H2,1-3,5-8H3/b17-16-,19-11+,20-12+. The Morgan fingerprint density at radius 3 is 2.00 bits per heavy atom. The van der Waals surface area contributed by atoms with Crippen LogP contribution in [0.4, 0.5) is 8.78 Å². The number of hydrogen-bond acceptors (Lipinski definition) is 2. The third-order valence-corrected chi connectivity index (χ3v) is 4.20. The third-order valence-electron chi connectivity index (χ3n) is 4.20. The van der Waals surface area contributed by atoms with Gasteiger partial charge in [-0.25, -0.2) is 8.78 Å². The summed E-state index contributed by atoms with van der Waals surface area (Å²) in [5.41, 5.74) is 1.39. The molecule has 0 rings (SSSR count). The molecule has 26 heavy (non-hydrogen) atoms. The summed E-state index contributed by atoms with van der Waals surface area (Å²) in [5.74, 6) is -3.28. The second kappa shape index (κ2) is 10.3. The predicted molar refractivity (Wildman–Crippen MR) is 104 cm³/mol. The summed E-state index contributed by atoms with van der Waals surface area (Å²) in [4.78, 5) is 24.2. The summed E-state index contributed by atoms with van der Waals surface area (Å²) in [6.45, 7) is 15.0. The van der Waals surface area contributed by atoms with E-state index in [1.807, 2.05) is 20.8 Å². The summed E-state index contributed by atoms with van der Waals surface area (Å²) in [6.07, 6.45) is 4.38. The van der Waals surface area contributed by atoms with E-state index in [9.17, 15) is 18.4 Å². The minimum absolute atomic E-state index is 0.155. The first kappa shape index (κ1) is 24.2. The van der Waals surface area contributed by atoms with Gasteiger partial charge < -0.3 is 0 Å². The van der Waals surface area contributed by atoms with Crippen molar-refractivity contribution in [3.63, 3.8) is 0 Å². The summed E-state index contributed by atoms with van der Waals surface area (Å²) in [6, 6.07) is 0. The lowest BCUT2D eigenvalue weighted by molar-refractivity contribution is -0.115. The molecule has 0 saturated heterocycles. The summed E-state index contributed by atoms with van der Waals surface area (Å²) >= 11 is 0. The highest BCUT2D eigenvalue weighted by Crippen LogP contribution is 2.32. The van der Waals surface area contributed by atoms with Gasteiger partial charge in [0.2, 0.25) is 0 Å². The molecule has 4 heteroatoms. The quantitative estimate of drug-likeness (QED) is 0.331. The smallest absolute Gasteiger partial charge is 0.270 e. The second-order valence-electron chi connectivity index (χ2n) is 7.25. The van der Waals surface area contributed by atoms with Gasteiger partial charge in [0.05, 0.1) is 0 Å². The number of Topliss-reactive ketones (excluding diaryl/α,β-unsaturated/α-hetero) is 2. The van der Waals surface area contributed by atoms with E-state index in [4.69, 9.17) is 0 Å². The molecule has 0 aliphatic heterocycles. The molecule has 0 bridgehead atoms. The Bertz CT molecular complexity index is 642. The molecule has 0 unspecified atom stereocenters. The Kier molecular flexibility index (Phi) is 9.61. The van der Waals surface area contributed by atoms with E-state index in [0.717, 1.165) is 6.92 Å². The minimum atomic E-state index is -3.04. The molecule has 2 nitrogen and oxygen atoms in total. The van der Waals surface area contributed by atoms with Gasteiger partial charge in [0.25, 0.3) is 5.92 Å². The molecular formula is C22H32F2O2. The van der Waals surface area contributed by atoms with Crippen molar-refractivity contribution < 1.29 is 18.4 Å². The van der Waals surface area contributed by atoms with E-state index in [-0.39, 0.29) is 23.1 Å². The lowest BCUT2D eigenvalue weighted by Gasteiger charge is -2.19. The molecule has 0 atom stereocenters. The molecule has 146 valence electrons. The van der Waals surface area contributed by atoms with E-state index >= 15 is 0 Å². The molecule has 0 aromatic heterocycles. The van der Waals surface area contributed by atoms with Crippen molar-refractivity contribution in [2.75, 3.05) is 0 Å². The van der Waals surface area contributed by atoms with Crippen LogP contribution in [-0.4, -0.2) is 17.5 Å².